The molecule has 3 nitrogen and oxygen atoms in total. The zero-order valence-electron chi connectivity index (χ0n) is 11.5. The highest BCUT2D eigenvalue weighted by atomic mass is 15.1. The van der Waals surface area contributed by atoms with E-state index in [1.54, 1.807) is 0 Å². The van der Waals surface area contributed by atoms with Crippen LogP contribution < -0.4 is 5.32 Å². The Labute approximate surface area is 101 Å². The molecular weight excluding hydrogens is 198 g/mol. The maximum atomic E-state index is 3.60. The number of hydrogen-bond acceptors (Lipinski definition) is 3. The van der Waals surface area contributed by atoms with Gasteiger partial charge in [-0.25, -0.2) is 0 Å². The van der Waals surface area contributed by atoms with Crippen LogP contribution in [0.4, 0.5) is 0 Å². The number of nitrogens with one attached hydrogen (secondary N) is 1. The lowest BCUT2D eigenvalue weighted by molar-refractivity contribution is 0.263. The number of hydrogen-bond donors (Lipinski definition) is 1. The Hall–Kier alpha value is -0.120. The van der Waals surface area contributed by atoms with E-state index >= 15 is 0 Å². The molecule has 0 bridgehead atoms. The molecule has 0 aromatic carbocycles. The van der Waals surface area contributed by atoms with Crippen molar-refractivity contribution < 1.29 is 0 Å². The van der Waals surface area contributed by atoms with Gasteiger partial charge >= 0.3 is 0 Å². The van der Waals surface area contributed by atoms with Crippen molar-refractivity contribution in [1.29, 1.82) is 0 Å². The lowest BCUT2D eigenvalue weighted by atomic mass is 10.1. The lowest BCUT2D eigenvalue weighted by Crippen LogP contribution is -2.33. The summed E-state index contributed by atoms with van der Waals surface area (Å²) in [4.78, 5) is 4.72. The molecule has 96 valence electrons. The minimum absolute atomic E-state index is 0.768. The van der Waals surface area contributed by atoms with Gasteiger partial charge in [0.05, 0.1) is 0 Å². The van der Waals surface area contributed by atoms with Gasteiger partial charge in [0.15, 0.2) is 0 Å². The van der Waals surface area contributed by atoms with Gasteiger partial charge in [0.1, 0.15) is 0 Å². The van der Waals surface area contributed by atoms with Gasteiger partial charge in [-0.1, -0.05) is 6.92 Å². The van der Waals surface area contributed by atoms with Crippen molar-refractivity contribution in [3.05, 3.63) is 0 Å². The SMILES string of the molecule is CC(CNC1CC1)CN(C)CCCN(C)C. The van der Waals surface area contributed by atoms with Crippen molar-refractivity contribution in [2.24, 2.45) is 5.92 Å². The van der Waals surface area contributed by atoms with Gasteiger partial charge in [-0.2, -0.15) is 0 Å². The smallest absolute Gasteiger partial charge is 0.00683 e. The van der Waals surface area contributed by atoms with E-state index in [4.69, 9.17) is 0 Å². The quantitative estimate of drug-likeness (QED) is 0.640. The van der Waals surface area contributed by atoms with Crippen molar-refractivity contribution in [1.82, 2.24) is 15.1 Å². The highest BCUT2D eigenvalue weighted by molar-refractivity contribution is 4.81. The zero-order chi connectivity index (χ0) is 12.0. The van der Waals surface area contributed by atoms with E-state index in [1.807, 2.05) is 0 Å². The zero-order valence-corrected chi connectivity index (χ0v) is 11.5. The van der Waals surface area contributed by atoms with Crippen LogP contribution in [0.15, 0.2) is 0 Å². The maximum Gasteiger partial charge on any atom is 0.00683 e. The molecule has 1 rings (SSSR count). The van der Waals surface area contributed by atoms with Crippen molar-refractivity contribution in [2.45, 2.75) is 32.2 Å². The highest BCUT2D eigenvalue weighted by Crippen LogP contribution is 2.18. The van der Waals surface area contributed by atoms with Gasteiger partial charge in [-0.3, -0.25) is 0 Å². The second-order valence-corrected chi connectivity index (χ2v) is 5.71. The summed E-state index contributed by atoms with van der Waals surface area (Å²) in [7, 11) is 6.52. The van der Waals surface area contributed by atoms with E-state index in [0.29, 0.717) is 0 Å². The molecule has 0 aromatic rings. The first-order valence-corrected chi connectivity index (χ1v) is 6.64. The molecule has 0 radical (unpaired) electrons. The van der Waals surface area contributed by atoms with E-state index in [9.17, 15) is 0 Å². The fourth-order valence-corrected chi connectivity index (χ4v) is 2.00. The summed E-state index contributed by atoms with van der Waals surface area (Å²) in [6.45, 7) is 7.15. The Balaban J connectivity index is 1.95. The van der Waals surface area contributed by atoms with Crippen LogP contribution in [0.1, 0.15) is 26.2 Å². The van der Waals surface area contributed by atoms with Crippen molar-refractivity contribution in [3.63, 3.8) is 0 Å². The Morgan fingerprint density at radius 3 is 2.44 bits per heavy atom. The molecule has 1 fully saturated rings. The topological polar surface area (TPSA) is 18.5 Å². The molecule has 1 N–H and O–H groups in total. The Kier molecular flexibility index (Phi) is 6.32. The van der Waals surface area contributed by atoms with E-state index in [1.165, 1.54) is 45.4 Å². The average Bonchev–Trinajstić information content (AvgIpc) is 2.97. The molecule has 1 aliphatic rings. The fourth-order valence-electron chi connectivity index (χ4n) is 2.00. The molecule has 0 heterocycles. The Bertz CT molecular complexity index is 178. The summed E-state index contributed by atoms with van der Waals surface area (Å²) < 4.78 is 0. The number of nitrogens with zero attached hydrogens (tertiary/aromatic N) is 2. The molecule has 0 saturated heterocycles. The molecule has 1 saturated carbocycles. The molecule has 1 atom stereocenters. The monoisotopic (exact) mass is 227 g/mol. The second-order valence-electron chi connectivity index (χ2n) is 5.71. The first-order chi connectivity index (χ1) is 7.58. The summed E-state index contributed by atoms with van der Waals surface area (Å²) in [6, 6.07) is 0.849. The number of rotatable bonds is 9. The fraction of sp³-hybridized carbons (Fsp3) is 1.00. The Morgan fingerprint density at radius 1 is 1.19 bits per heavy atom. The normalized spacial score (nSPS) is 18.4. The van der Waals surface area contributed by atoms with E-state index in [2.05, 4.69) is 43.2 Å². The van der Waals surface area contributed by atoms with E-state index in [-0.39, 0.29) is 0 Å². The Morgan fingerprint density at radius 2 is 1.88 bits per heavy atom. The molecular formula is C13H29N3. The van der Waals surface area contributed by atoms with Crippen LogP contribution in [0.25, 0.3) is 0 Å². The molecule has 1 unspecified atom stereocenters. The summed E-state index contributed by atoms with van der Waals surface area (Å²) in [5, 5.41) is 3.60. The minimum Gasteiger partial charge on any atom is -0.314 e. The molecule has 0 spiro atoms. The van der Waals surface area contributed by atoms with Gasteiger partial charge in [-0.15, -0.1) is 0 Å². The molecule has 0 amide bonds. The highest BCUT2D eigenvalue weighted by Gasteiger charge is 2.20. The third-order valence-corrected chi connectivity index (χ3v) is 3.10. The van der Waals surface area contributed by atoms with Crippen LogP contribution in [0.5, 0.6) is 0 Å². The minimum atomic E-state index is 0.768. The van der Waals surface area contributed by atoms with E-state index < -0.39 is 0 Å². The largest absolute Gasteiger partial charge is 0.314 e. The van der Waals surface area contributed by atoms with Gasteiger partial charge in [0.25, 0.3) is 0 Å². The summed E-state index contributed by atoms with van der Waals surface area (Å²) >= 11 is 0. The van der Waals surface area contributed by atoms with Crippen LogP contribution >= 0.6 is 0 Å². The van der Waals surface area contributed by atoms with Crippen LogP contribution in [-0.2, 0) is 0 Å². The second kappa shape index (κ2) is 7.25. The molecule has 16 heavy (non-hydrogen) atoms. The maximum absolute atomic E-state index is 3.60. The predicted molar refractivity (Wildman–Crippen MR) is 70.9 cm³/mol. The molecule has 3 heteroatoms. The van der Waals surface area contributed by atoms with Gasteiger partial charge in [0, 0.05) is 12.6 Å². The average molecular weight is 227 g/mol. The van der Waals surface area contributed by atoms with Crippen molar-refractivity contribution in [3.8, 4) is 0 Å². The van der Waals surface area contributed by atoms with Crippen LogP contribution in [0.2, 0.25) is 0 Å². The predicted octanol–water partition coefficient (Wildman–Crippen LogP) is 1.26. The van der Waals surface area contributed by atoms with E-state index in [0.717, 1.165) is 12.0 Å². The van der Waals surface area contributed by atoms with Gasteiger partial charge in [0.2, 0.25) is 0 Å². The molecule has 1 aliphatic carbocycles. The van der Waals surface area contributed by atoms with Crippen molar-refractivity contribution in [2.75, 3.05) is 47.3 Å². The summed E-state index contributed by atoms with van der Waals surface area (Å²) in [5.41, 5.74) is 0. The van der Waals surface area contributed by atoms with Crippen LogP contribution in [-0.4, -0.2) is 63.2 Å². The summed E-state index contributed by atoms with van der Waals surface area (Å²) in [5.74, 6) is 0.768. The third-order valence-electron chi connectivity index (χ3n) is 3.10. The first-order valence-electron chi connectivity index (χ1n) is 6.64. The standard InChI is InChI=1S/C13H29N3/c1-12(10-14-13-6-7-13)11-16(4)9-5-8-15(2)3/h12-14H,5-11H2,1-4H3. The first kappa shape index (κ1) is 13.9. The third kappa shape index (κ3) is 7.20. The lowest BCUT2D eigenvalue weighted by Gasteiger charge is -2.22. The molecule has 0 aromatic heterocycles. The van der Waals surface area contributed by atoms with Crippen molar-refractivity contribution >= 4 is 0 Å². The van der Waals surface area contributed by atoms with Crippen LogP contribution in [0, 0.1) is 5.92 Å². The summed E-state index contributed by atoms with van der Waals surface area (Å²) in [6.07, 6.45) is 4.06. The van der Waals surface area contributed by atoms with Gasteiger partial charge in [-0.05, 0) is 66.0 Å². The molecule has 0 aliphatic heterocycles. The van der Waals surface area contributed by atoms with Gasteiger partial charge < -0.3 is 15.1 Å². The van der Waals surface area contributed by atoms with Crippen LogP contribution in [0.3, 0.4) is 0 Å².